The van der Waals surface area contributed by atoms with E-state index in [1.165, 1.54) is 17.2 Å². The molecular weight excluding hydrogens is 218 g/mol. The molecule has 0 radical (unpaired) electrons. The molecule has 0 saturated carbocycles. The van der Waals surface area contributed by atoms with Gasteiger partial charge in [-0.3, -0.25) is 4.70 Å². The molecule has 0 amide bonds. The van der Waals surface area contributed by atoms with Crippen LogP contribution >= 0.6 is 0 Å². The van der Waals surface area contributed by atoms with Crippen LogP contribution in [0.15, 0.2) is 67.1 Å². The Morgan fingerprint density at radius 3 is 2.12 bits per heavy atom. The van der Waals surface area contributed by atoms with Gasteiger partial charge in [-0.15, -0.1) is 0 Å². The van der Waals surface area contributed by atoms with Crippen LogP contribution in [0.25, 0.3) is 6.08 Å². The zero-order chi connectivity index (χ0) is 11.6. The highest BCUT2D eigenvalue weighted by Crippen LogP contribution is 2.08. The summed E-state index contributed by atoms with van der Waals surface area (Å²) < 4.78 is 11.6. The van der Waals surface area contributed by atoms with Gasteiger partial charge in [0.05, 0.1) is 6.33 Å². The average molecular weight is 234 g/mol. The minimum atomic E-state index is 0. The largest absolute Gasteiger partial charge is 0.269 e. The molecule has 0 unspecified atom stereocenters. The number of benzene rings is 1. The van der Waals surface area contributed by atoms with Gasteiger partial charge in [0.1, 0.15) is 0 Å². The highest BCUT2D eigenvalue weighted by molar-refractivity contribution is 5.54. The van der Waals surface area contributed by atoms with Gasteiger partial charge >= 0.3 is 0 Å². The predicted molar refractivity (Wildman–Crippen MR) is 71.2 cm³/mol. The Morgan fingerprint density at radius 1 is 0.882 bits per heavy atom. The molecule has 1 aromatic carbocycles. The maximum atomic E-state index is 11.6. The van der Waals surface area contributed by atoms with Gasteiger partial charge in [-0.1, -0.05) is 60.7 Å². The van der Waals surface area contributed by atoms with Gasteiger partial charge in [0.15, 0.2) is 0 Å². The van der Waals surface area contributed by atoms with E-state index in [1.807, 2.05) is 36.4 Å². The maximum absolute atomic E-state index is 11.6. The first-order valence-electron chi connectivity index (χ1n) is 5.17. The molecule has 0 bridgehead atoms. The standard InChI is InChI=1S/C15H15F.FH/c1-14-10-7-8-12-15(14)11-6-4-2-3-5-9-13-16;/h2-13H,1H3;1H/b4-2+,5-3-,11-6+,13-9+;. The van der Waals surface area contributed by atoms with Crippen LogP contribution in [0.3, 0.4) is 0 Å². The van der Waals surface area contributed by atoms with Gasteiger partial charge in [0.25, 0.3) is 0 Å². The van der Waals surface area contributed by atoms with Crippen LogP contribution in [0.1, 0.15) is 11.1 Å². The van der Waals surface area contributed by atoms with E-state index in [-0.39, 0.29) is 4.70 Å². The Morgan fingerprint density at radius 2 is 1.47 bits per heavy atom. The number of hydrogen-bond acceptors (Lipinski definition) is 0. The molecule has 17 heavy (non-hydrogen) atoms. The second kappa shape index (κ2) is 9.28. The molecule has 2 heteroatoms. The van der Waals surface area contributed by atoms with Crippen molar-refractivity contribution in [1.29, 1.82) is 0 Å². The van der Waals surface area contributed by atoms with E-state index in [0.29, 0.717) is 6.33 Å². The Bertz CT molecular complexity index is 426. The maximum Gasteiger partial charge on any atom is 0.0866 e. The van der Waals surface area contributed by atoms with Crippen molar-refractivity contribution >= 4 is 6.08 Å². The van der Waals surface area contributed by atoms with Crippen molar-refractivity contribution in [2.75, 3.05) is 0 Å². The second-order valence-corrected chi connectivity index (χ2v) is 3.30. The van der Waals surface area contributed by atoms with E-state index in [9.17, 15) is 4.39 Å². The van der Waals surface area contributed by atoms with E-state index in [2.05, 4.69) is 19.1 Å². The van der Waals surface area contributed by atoms with E-state index in [1.54, 1.807) is 12.2 Å². The summed E-state index contributed by atoms with van der Waals surface area (Å²) in [5.41, 5.74) is 2.46. The van der Waals surface area contributed by atoms with E-state index >= 15 is 0 Å². The summed E-state index contributed by atoms with van der Waals surface area (Å²) in [6.07, 6.45) is 13.0. The van der Waals surface area contributed by atoms with Gasteiger partial charge in [-0.2, -0.15) is 0 Å². The summed E-state index contributed by atoms with van der Waals surface area (Å²) in [5, 5.41) is 0. The third-order valence-electron chi connectivity index (χ3n) is 2.09. The quantitative estimate of drug-likeness (QED) is 0.659. The van der Waals surface area contributed by atoms with Crippen LogP contribution in [0.2, 0.25) is 0 Å². The van der Waals surface area contributed by atoms with Gasteiger partial charge in [-0.05, 0) is 24.1 Å². The first-order valence-corrected chi connectivity index (χ1v) is 5.17. The van der Waals surface area contributed by atoms with Crippen molar-refractivity contribution in [3.05, 3.63) is 78.2 Å². The number of aryl methyl sites for hydroxylation is 1. The molecule has 1 rings (SSSR count). The molecule has 0 aromatic heterocycles. The molecule has 0 aliphatic carbocycles. The number of halogens is 2. The van der Waals surface area contributed by atoms with E-state index in [4.69, 9.17) is 0 Å². The summed E-state index contributed by atoms with van der Waals surface area (Å²) in [4.78, 5) is 0. The summed E-state index contributed by atoms with van der Waals surface area (Å²) in [6, 6.07) is 8.19. The predicted octanol–water partition coefficient (Wildman–Crippen LogP) is 4.76. The molecule has 0 spiro atoms. The summed E-state index contributed by atoms with van der Waals surface area (Å²) >= 11 is 0. The van der Waals surface area contributed by atoms with Crippen LogP contribution in [-0.4, -0.2) is 0 Å². The van der Waals surface area contributed by atoms with Crippen molar-refractivity contribution in [3.8, 4) is 0 Å². The molecule has 0 heterocycles. The van der Waals surface area contributed by atoms with Crippen LogP contribution in [0, 0.1) is 6.92 Å². The van der Waals surface area contributed by atoms with Crippen LogP contribution in [0.4, 0.5) is 9.09 Å². The molecule has 0 aliphatic rings. The zero-order valence-electron chi connectivity index (χ0n) is 9.71. The Kier molecular flexibility index (Phi) is 8.21. The molecule has 0 atom stereocenters. The number of rotatable bonds is 4. The first kappa shape index (κ1) is 15.0. The molecule has 1 aromatic rings. The van der Waals surface area contributed by atoms with Crippen LogP contribution in [0.5, 0.6) is 0 Å². The number of hydrogen-bond donors (Lipinski definition) is 0. The molecule has 0 aliphatic heterocycles. The number of allylic oxidation sites excluding steroid dienone is 6. The van der Waals surface area contributed by atoms with Gasteiger partial charge in [0.2, 0.25) is 0 Å². The van der Waals surface area contributed by atoms with Crippen LogP contribution < -0.4 is 0 Å². The van der Waals surface area contributed by atoms with Crippen molar-refractivity contribution < 1.29 is 9.09 Å². The molecule has 90 valence electrons. The Labute approximate surface area is 101 Å². The normalized spacial score (nSPS) is 11.9. The minimum absolute atomic E-state index is 0. The van der Waals surface area contributed by atoms with Gasteiger partial charge in [-0.25, -0.2) is 4.39 Å². The Hall–Kier alpha value is -1.96. The average Bonchev–Trinajstić information content (AvgIpc) is 2.30. The molecular formula is C15H16F2. The van der Waals surface area contributed by atoms with E-state index in [0.717, 1.165) is 0 Å². The van der Waals surface area contributed by atoms with E-state index < -0.39 is 0 Å². The highest BCUT2D eigenvalue weighted by atomic mass is 19.1. The summed E-state index contributed by atoms with van der Waals surface area (Å²) in [5.74, 6) is 0. The van der Waals surface area contributed by atoms with Crippen molar-refractivity contribution in [1.82, 2.24) is 0 Å². The lowest BCUT2D eigenvalue weighted by molar-refractivity contribution is 0.721. The fourth-order valence-electron chi connectivity index (χ4n) is 1.23. The molecule has 0 fully saturated rings. The molecule has 0 N–H and O–H groups in total. The Balaban J connectivity index is 0.00000256. The highest BCUT2D eigenvalue weighted by Gasteiger charge is 1.88. The van der Waals surface area contributed by atoms with Crippen LogP contribution in [-0.2, 0) is 0 Å². The monoisotopic (exact) mass is 234 g/mol. The van der Waals surface area contributed by atoms with Crippen molar-refractivity contribution in [2.45, 2.75) is 6.92 Å². The van der Waals surface area contributed by atoms with Gasteiger partial charge in [0, 0.05) is 0 Å². The zero-order valence-corrected chi connectivity index (χ0v) is 9.71. The third kappa shape index (κ3) is 6.25. The fourth-order valence-corrected chi connectivity index (χ4v) is 1.23. The summed E-state index contributed by atoms with van der Waals surface area (Å²) in [7, 11) is 0. The molecule has 0 saturated heterocycles. The lowest BCUT2D eigenvalue weighted by atomic mass is 10.1. The van der Waals surface area contributed by atoms with Gasteiger partial charge < -0.3 is 0 Å². The summed E-state index contributed by atoms with van der Waals surface area (Å²) in [6.45, 7) is 2.08. The molecule has 0 nitrogen and oxygen atoms in total. The fraction of sp³-hybridized carbons (Fsp3) is 0.0667. The third-order valence-corrected chi connectivity index (χ3v) is 2.09. The minimum Gasteiger partial charge on any atom is -0.269 e. The SMILES string of the molecule is Cc1ccccc1/C=C/C=C/C=C\C=C\F.F. The topological polar surface area (TPSA) is 0 Å². The first-order chi connectivity index (χ1) is 7.84. The van der Waals surface area contributed by atoms with Crippen molar-refractivity contribution in [3.63, 3.8) is 0 Å². The van der Waals surface area contributed by atoms with Crippen molar-refractivity contribution in [2.24, 2.45) is 0 Å². The lowest BCUT2D eigenvalue weighted by Gasteiger charge is -1.96. The lowest BCUT2D eigenvalue weighted by Crippen LogP contribution is -1.76. The second-order valence-electron chi connectivity index (χ2n) is 3.30. The smallest absolute Gasteiger partial charge is 0.0866 e.